The summed E-state index contributed by atoms with van der Waals surface area (Å²) in [5.74, 6) is 7.02. The smallest absolute Gasteiger partial charge is 0.265 e. The Kier molecular flexibility index (Phi) is 4.98. The van der Waals surface area contributed by atoms with Gasteiger partial charge in [0.05, 0.1) is 0 Å². The summed E-state index contributed by atoms with van der Waals surface area (Å²) in [5, 5.41) is 0. The van der Waals surface area contributed by atoms with Gasteiger partial charge in [-0.1, -0.05) is 19.9 Å². The van der Waals surface area contributed by atoms with E-state index in [4.69, 9.17) is 10.6 Å². The summed E-state index contributed by atoms with van der Waals surface area (Å²) in [7, 11) is 0. The van der Waals surface area contributed by atoms with Crippen LogP contribution in [0.3, 0.4) is 0 Å². The first-order valence-corrected chi connectivity index (χ1v) is 7.06. The van der Waals surface area contributed by atoms with E-state index in [1.165, 1.54) is 0 Å². The van der Waals surface area contributed by atoms with Gasteiger partial charge in [0.25, 0.3) is 5.91 Å². The van der Waals surface area contributed by atoms with Crippen molar-refractivity contribution >= 4 is 5.91 Å². The van der Waals surface area contributed by atoms with Crippen LogP contribution in [0.5, 0.6) is 5.75 Å². The average Bonchev–Trinajstić information content (AvgIpc) is 2.77. The third-order valence-electron chi connectivity index (χ3n) is 3.97. The van der Waals surface area contributed by atoms with E-state index >= 15 is 0 Å². The molecule has 0 bridgehead atoms. The lowest BCUT2D eigenvalue weighted by Crippen LogP contribution is -2.30. The monoisotopic (exact) mass is 277 g/mol. The number of nitrogens with one attached hydrogen (secondary N) is 1. The van der Waals surface area contributed by atoms with E-state index in [1.54, 1.807) is 18.2 Å². The number of amides is 1. The lowest BCUT2D eigenvalue weighted by atomic mass is 10.0. The molecular formula is C15H23N3O2. The van der Waals surface area contributed by atoms with Crippen LogP contribution < -0.4 is 16.0 Å². The Balaban J connectivity index is 1.81. The number of hydrogen-bond donors (Lipinski definition) is 2. The van der Waals surface area contributed by atoms with Crippen molar-refractivity contribution < 1.29 is 9.53 Å². The highest BCUT2D eigenvalue weighted by Crippen LogP contribution is 2.21. The molecule has 2 rings (SSSR count). The van der Waals surface area contributed by atoms with Gasteiger partial charge in [0, 0.05) is 25.2 Å². The Morgan fingerprint density at radius 2 is 2.10 bits per heavy atom. The molecule has 1 aromatic carbocycles. The van der Waals surface area contributed by atoms with Gasteiger partial charge in [-0.05, 0) is 30.0 Å². The number of likely N-dealkylation sites (tertiary alicyclic amines) is 1. The molecule has 0 aliphatic carbocycles. The molecule has 5 heteroatoms. The maximum absolute atomic E-state index is 11.4. The van der Waals surface area contributed by atoms with Crippen LogP contribution in [0.2, 0.25) is 0 Å². The van der Waals surface area contributed by atoms with E-state index in [2.05, 4.69) is 24.2 Å². The van der Waals surface area contributed by atoms with Crippen LogP contribution >= 0.6 is 0 Å². The fraction of sp³-hybridized carbons (Fsp3) is 0.533. The Bertz CT molecular complexity index is 454. The molecule has 1 amide bonds. The van der Waals surface area contributed by atoms with Crippen molar-refractivity contribution in [3.05, 3.63) is 29.8 Å². The van der Waals surface area contributed by atoms with Crippen LogP contribution in [0, 0.1) is 11.8 Å². The minimum Gasteiger partial charge on any atom is -0.492 e. The predicted molar refractivity (Wildman–Crippen MR) is 78.4 cm³/mol. The maximum atomic E-state index is 11.4. The molecule has 1 aliphatic rings. The van der Waals surface area contributed by atoms with Crippen LogP contribution in [0.1, 0.15) is 24.2 Å². The summed E-state index contributed by atoms with van der Waals surface area (Å²) < 4.78 is 5.71. The van der Waals surface area contributed by atoms with Gasteiger partial charge in [-0.2, -0.15) is 0 Å². The number of hydrazine groups is 1. The lowest BCUT2D eigenvalue weighted by Gasteiger charge is -2.16. The number of ether oxygens (including phenoxy) is 1. The molecule has 1 aliphatic heterocycles. The Hall–Kier alpha value is -1.59. The summed E-state index contributed by atoms with van der Waals surface area (Å²) in [6, 6.07) is 7.05. The highest BCUT2D eigenvalue weighted by Gasteiger charge is 2.25. The molecule has 2 atom stereocenters. The summed E-state index contributed by atoms with van der Waals surface area (Å²) in [5.41, 5.74) is 2.62. The number of carbonyl (C=O) groups excluding carboxylic acids is 1. The fourth-order valence-corrected chi connectivity index (χ4v) is 2.53. The highest BCUT2D eigenvalue weighted by molar-refractivity contribution is 5.94. The number of nitrogen functional groups attached to an aromatic ring is 1. The van der Waals surface area contributed by atoms with E-state index in [0.29, 0.717) is 17.9 Å². The first kappa shape index (κ1) is 14.8. The maximum Gasteiger partial charge on any atom is 0.265 e. The molecule has 3 N–H and O–H groups in total. The number of hydrogen-bond acceptors (Lipinski definition) is 4. The van der Waals surface area contributed by atoms with Crippen molar-refractivity contribution in [2.75, 3.05) is 26.2 Å². The molecule has 1 aromatic rings. The molecule has 2 unspecified atom stereocenters. The van der Waals surface area contributed by atoms with Gasteiger partial charge in [-0.3, -0.25) is 15.1 Å². The fourth-order valence-electron chi connectivity index (χ4n) is 2.53. The molecule has 0 aromatic heterocycles. The van der Waals surface area contributed by atoms with Gasteiger partial charge < -0.3 is 4.74 Å². The zero-order chi connectivity index (χ0) is 14.5. The van der Waals surface area contributed by atoms with Gasteiger partial charge in [0.15, 0.2) is 0 Å². The van der Waals surface area contributed by atoms with Crippen LogP contribution in [-0.4, -0.2) is 37.0 Å². The second-order valence-electron chi connectivity index (χ2n) is 5.56. The molecule has 0 saturated carbocycles. The molecule has 5 nitrogen and oxygen atoms in total. The summed E-state index contributed by atoms with van der Waals surface area (Å²) in [6.45, 7) is 8.41. The molecule has 110 valence electrons. The zero-order valence-electron chi connectivity index (χ0n) is 12.1. The number of rotatable bonds is 5. The van der Waals surface area contributed by atoms with Crippen LogP contribution in [-0.2, 0) is 0 Å². The average molecular weight is 277 g/mol. The van der Waals surface area contributed by atoms with E-state index < -0.39 is 0 Å². The molecule has 20 heavy (non-hydrogen) atoms. The summed E-state index contributed by atoms with van der Waals surface area (Å²) in [4.78, 5) is 13.8. The van der Waals surface area contributed by atoms with Gasteiger partial charge >= 0.3 is 0 Å². The van der Waals surface area contributed by atoms with Crippen LogP contribution in [0.4, 0.5) is 0 Å². The van der Waals surface area contributed by atoms with Crippen molar-refractivity contribution in [2.24, 2.45) is 17.7 Å². The lowest BCUT2D eigenvalue weighted by molar-refractivity contribution is 0.0953. The van der Waals surface area contributed by atoms with Gasteiger partial charge in [-0.15, -0.1) is 0 Å². The van der Waals surface area contributed by atoms with Crippen molar-refractivity contribution in [2.45, 2.75) is 13.8 Å². The van der Waals surface area contributed by atoms with Crippen molar-refractivity contribution in [3.8, 4) is 5.75 Å². The van der Waals surface area contributed by atoms with E-state index in [1.807, 2.05) is 6.07 Å². The minimum atomic E-state index is -0.308. The minimum absolute atomic E-state index is 0.308. The molecular weight excluding hydrogens is 254 g/mol. The number of carbonyl (C=O) groups is 1. The van der Waals surface area contributed by atoms with E-state index in [-0.39, 0.29) is 5.91 Å². The van der Waals surface area contributed by atoms with Crippen LogP contribution in [0.25, 0.3) is 0 Å². The quantitative estimate of drug-likeness (QED) is 0.483. The molecule has 1 heterocycles. The number of nitrogens with zero attached hydrogens (tertiary/aromatic N) is 1. The predicted octanol–water partition coefficient (Wildman–Crippen LogP) is 1.26. The Labute approximate surface area is 120 Å². The largest absolute Gasteiger partial charge is 0.492 e. The molecule has 0 spiro atoms. The van der Waals surface area contributed by atoms with Gasteiger partial charge in [0.1, 0.15) is 12.4 Å². The third kappa shape index (κ3) is 3.71. The number of nitrogens with two attached hydrogens (primary N) is 1. The number of benzene rings is 1. The van der Waals surface area contributed by atoms with E-state index in [9.17, 15) is 4.79 Å². The Morgan fingerprint density at radius 3 is 2.75 bits per heavy atom. The second kappa shape index (κ2) is 6.72. The van der Waals surface area contributed by atoms with Gasteiger partial charge in [-0.25, -0.2) is 5.84 Å². The van der Waals surface area contributed by atoms with Crippen molar-refractivity contribution in [3.63, 3.8) is 0 Å². The van der Waals surface area contributed by atoms with Crippen molar-refractivity contribution in [1.29, 1.82) is 0 Å². The SMILES string of the molecule is CC1CN(CCOc2cccc(C(=O)NN)c2)CC1C. The summed E-state index contributed by atoms with van der Waals surface area (Å²) >= 11 is 0. The topological polar surface area (TPSA) is 67.6 Å². The standard InChI is InChI=1S/C15H23N3O2/c1-11-9-18(10-12(11)2)6-7-20-14-5-3-4-13(8-14)15(19)17-16/h3-5,8,11-12H,6-7,9-10,16H2,1-2H3,(H,17,19). The molecule has 1 saturated heterocycles. The zero-order valence-corrected chi connectivity index (χ0v) is 12.1. The normalized spacial score (nSPS) is 22.8. The highest BCUT2D eigenvalue weighted by atomic mass is 16.5. The van der Waals surface area contributed by atoms with E-state index in [0.717, 1.165) is 31.5 Å². The van der Waals surface area contributed by atoms with Gasteiger partial charge in [0.2, 0.25) is 0 Å². The van der Waals surface area contributed by atoms with Crippen molar-refractivity contribution in [1.82, 2.24) is 10.3 Å². The first-order valence-electron chi connectivity index (χ1n) is 7.06. The Morgan fingerprint density at radius 1 is 1.40 bits per heavy atom. The third-order valence-corrected chi connectivity index (χ3v) is 3.97. The molecule has 0 radical (unpaired) electrons. The molecule has 1 fully saturated rings. The second-order valence-corrected chi connectivity index (χ2v) is 5.56. The van der Waals surface area contributed by atoms with Crippen LogP contribution in [0.15, 0.2) is 24.3 Å². The first-order chi connectivity index (χ1) is 9.60. The summed E-state index contributed by atoms with van der Waals surface area (Å²) in [6.07, 6.45) is 0.